The summed E-state index contributed by atoms with van der Waals surface area (Å²) in [5.74, 6) is 2.44. The summed E-state index contributed by atoms with van der Waals surface area (Å²) in [5.41, 5.74) is 0. The van der Waals surface area contributed by atoms with E-state index in [1.165, 1.54) is 127 Å². The molecule has 0 saturated heterocycles. The molecule has 0 amide bonds. The molecule has 0 aliphatic heterocycles. The van der Waals surface area contributed by atoms with Gasteiger partial charge in [-0.15, -0.1) is 0 Å². The van der Waals surface area contributed by atoms with Crippen LogP contribution >= 0.6 is 15.8 Å². The first kappa shape index (κ1) is 28.8. The fourth-order valence-electron chi connectivity index (χ4n) is 3.50. The third kappa shape index (κ3) is 20.8. The van der Waals surface area contributed by atoms with E-state index in [1.54, 1.807) is 0 Å². The molecule has 0 bridgehead atoms. The molecular formula is C22H48MoOPS2. The van der Waals surface area contributed by atoms with Gasteiger partial charge in [-0.2, -0.15) is 0 Å². The Morgan fingerprint density at radius 1 is 0.593 bits per heavy atom. The summed E-state index contributed by atoms with van der Waals surface area (Å²) in [6.45, 7) is 4.57. The van der Waals surface area contributed by atoms with E-state index in [0.717, 1.165) is 0 Å². The van der Waals surface area contributed by atoms with Crippen LogP contribution < -0.4 is 0 Å². The van der Waals surface area contributed by atoms with Gasteiger partial charge in [-0.25, -0.2) is 0 Å². The Bertz CT molecular complexity index is 339. The molecule has 0 fully saturated rings. The van der Waals surface area contributed by atoms with E-state index in [2.05, 4.69) is 26.1 Å². The fraction of sp³-hybridized carbons (Fsp3) is 1.00. The Balaban J connectivity index is 3.71. The van der Waals surface area contributed by atoms with Crippen molar-refractivity contribution in [1.29, 1.82) is 0 Å². The van der Waals surface area contributed by atoms with Crippen molar-refractivity contribution in [2.75, 3.05) is 11.5 Å². The van der Waals surface area contributed by atoms with Crippen molar-refractivity contribution >= 4 is 25.9 Å². The summed E-state index contributed by atoms with van der Waals surface area (Å²) in [7, 11) is 0.171. The Kier molecular flexibility index (Phi) is 22.4. The average molecular weight is 520 g/mol. The minimum absolute atomic E-state index is 0.171. The van der Waals surface area contributed by atoms with E-state index in [4.69, 9.17) is 0 Å². The second-order valence-corrected chi connectivity index (χ2v) is 24.3. The Morgan fingerprint density at radius 2 is 0.852 bits per heavy atom. The van der Waals surface area contributed by atoms with Gasteiger partial charge in [0, 0.05) is 0 Å². The molecule has 165 valence electrons. The molecule has 0 saturated carbocycles. The Morgan fingerprint density at radius 3 is 1.11 bits per heavy atom. The van der Waals surface area contributed by atoms with Crippen molar-refractivity contribution in [3.05, 3.63) is 0 Å². The number of hydrogen-bond acceptors (Lipinski definition) is 0. The van der Waals surface area contributed by atoms with E-state index in [9.17, 15) is 4.89 Å². The normalized spacial score (nSPS) is 14.0. The van der Waals surface area contributed by atoms with Crippen LogP contribution in [-0.2, 0) is 29.4 Å². The molecule has 5 heteroatoms. The number of rotatable bonds is 20. The number of hydrogen-bond donors (Lipinski definition) is 2. The first-order valence-corrected chi connectivity index (χ1v) is 19.4. The van der Waals surface area contributed by atoms with E-state index in [0.29, 0.717) is 0 Å². The zero-order valence-electron chi connectivity index (χ0n) is 18.3. The second-order valence-electron chi connectivity index (χ2n) is 8.02. The van der Waals surface area contributed by atoms with Crippen molar-refractivity contribution < 1.29 is 24.2 Å². The maximum absolute atomic E-state index is 10.5. The van der Waals surface area contributed by atoms with Crippen molar-refractivity contribution in [2.45, 2.75) is 129 Å². The molecule has 1 nitrogen and oxygen atoms in total. The summed E-state index contributed by atoms with van der Waals surface area (Å²) < 4.78 is -1.94. The molecule has 0 aliphatic rings. The fourth-order valence-corrected chi connectivity index (χ4v) is 12.2. The second kappa shape index (κ2) is 21.0. The molecule has 1 atom stereocenters. The van der Waals surface area contributed by atoms with Crippen molar-refractivity contribution in [2.24, 2.45) is 0 Å². The topological polar surface area (TPSA) is 20.2 Å². The third-order valence-electron chi connectivity index (χ3n) is 5.30. The minimum atomic E-state index is -1.94. The first-order chi connectivity index (χ1) is 13.0. The van der Waals surface area contributed by atoms with Crippen LogP contribution in [0.25, 0.3) is 0 Å². The average Bonchev–Trinajstić information content (AvgIpc) is 2.62. The van der Waals surface area contributed by atoms with Crippen LogP contribution in [-0.4, -0.2) is 16.4 Å². The standard InChI is InChI=1S/C22H48OPS2.Mo/c1-3-5-7-9-11-13-15-17-19-21-26(24(23)25)22-20-18-16-14-12-10-8-6-4-2;/h23,25H,3-22H2,1-2H3;/q+1;-1. The summed E-state index contributed by atoms with van der Waals surface area (Å²) >= 11 is 6.55. The first-order valence-electron chi connectivity index (χ1n) is 11.8. The Labute approximate surface area is 190 Å². The van der Waals surface area contributed by atoms with Gasteiger partial charge in [0.15, 0.2) is 0 Å². The maximum atomic E-state index is 10.5. The van der Waals surface area contributed by atoms with Gasteiger partial charge in [0.05, 0.1) is 0 Å². The van der Waals surface area contributed by atoms with Crippen molar-refractivity contribution in [3.8, 4) is 0 Å². The van der Waals surface area contributed by atoms with Gasteiger partial charge in [-0.3, -0.25) is 0 Å². The van der Waals surface area contributed by atoms with E-state index in [1.807, 2.05) is 19.3 Å². The molecule has 27 heavy (non-hydrogen) atoms. The summed E-state index contributed by atoms with van der Waals surface area (Å²) in [5, 5.41) is 0. The predicted molar refractivity (Wildman–Crippen MR) is 130 cm³/mol. The van der Waals surface area contributed by atoms with Gasteiger partial charge in [0.1, 0.15) is 0 Å². The predicted octanol–water partition coefficient (Wildman–Crippen LogP) is 8.81. The molecular weight excluding hydrogens is 471 g/mol. The third-order valence-corrected chi connectivity index (χ3v) is 17.4. The van der Waals surface area contributed by atoms with Gasteiger partial charge >= 0.3 is 177 Å². The number of unbranched alkanes of at least 4 members (excludes halogenated alkanes) is 16. The van der Waals surface area contributed by atoms with Crippen molar-refractivity contribution in [1.82, 2.24) is 0 Å². The van der Waals surface area contributed by atoms with Crippen LogP contribution in [0.2, 0.25) is 0 Å². The zero-order valence-corrected chi connectivity index (χ0v) is 22.9. The van der Waals surface area contributed by atoms with Crippen LogP contribution in [0.1, 0.15) is 129 Å². The van der Waals surface area contributed by atoms with E-state index < -0.39 is 3.56 Å². The molecule has 0 heterocycles. The van der Waals surface area contributed by atoms with Crippen molar-refractivity contribution in [3.63, 3.8) is 0 Å². The SMILES string of the molecule is CCCCCCCCCCCS(CCCCCCCCCCC)=[P](O)(S)[Mo]. The molecule has 0 radical (unpaired) electrons. The van der Waals surface area contributed by atoms with E-state index in [-0.39, 0.29) is 10.1 Å². The number of thiol groups is 1. The summed E-state index contributed by atoms with van der Waals surface area (Å²) in [6, 6.07) is 0. The zero-order chi connectivity index (χ0) is 20.2. The van der Waals surface area contributed by atoms with Gasteiger partial charge in [0.25, 0.3) is 0 Å². The summed E-state index contributed by atoms with van der Waals surface area (Å²) in [6.07, 6.45) is 24.9. The molecule has 0 spiro atoms. The molecule has 0 aromatic rings. The van der Waals surface area contributed by atoms with Crippen LogP contribution in [0.4, 0.5) is 0 Å². The molecule has 0 aromatic carbocycles. The Hall–Kier alpha value is 1.78. The van der Waals surface area contributed by atoms with Gasteiger partial charge < -0.3 is 0 Å². The van der Waals surface area contributed by atoms with Crippen LogP contribution in [0.15, 0.2) is 0 Å². The molecule has 0 rings (SSSR count). The van der Waals surface area contributed by atoms with Crippen LogP contribution in [0, 0.1) is 0 Å². The van der Waals surface area contributed by atoms with Gasteiger partial charge in [-0.1, -0.05) is 13.8 Å². The molecule has 1 N–H and O–H groups in total. The van der Waals surface area contributed by atoms with Crippen LogP contribution in [0.3, 0.4) is 0 Å². The molecule has 0 aliphatic carbocycles. The summed E-state index contributed by atoms with van der Waals surface area (Å²) in [4.78, 5) is 10.5. The molecule has 1 unspecified atom stereocenters. The van der Waals surface area contributed by atoms with Crippen LogP contribution in [0.5, 0.6) is 0 Å². The van der Waals surface area contributed by atoms with E-state index >= 15 is 0 Å². The van der Waals surface area contributed by atoms with Gasteiger partial charge in [0.2, 0.25) is 0 Å². The van der Waals surface area contributed by atoms with Gasteiger partial charge in [-0.05, 0) is 0 Å². The monoisotopic (exact) mass is 521 g/mol. The molecule has 0 aromatic heterocycles. The quantitative estimate of drug-likeness (QED) is 0.0713.